The first-order chi connectivity index (χ1) is 13.3. The quantitative estimate of drug-likeness (QED) is 0.332. The van der Waals surface area contributed by atoms with E-state index in [9.17, 15) is 0 Å². The topological polar surface area (TPSA) is 48.7 Å². The van der Waals surface area contributed by atoms with Gasteiger partial charge in [0.1, 0.15) is 0 Å². The predicted octanol–water partition coefficient (Wildman–Crippen LogP) is 3.82. The number of benzene rings is 1. The largest absolute Gasteiger partial charge is 0.357 e. The number of nitrogens with zero attached hydrogens (tertiary/aromatic N) is 5. The Balaban J connectivity index is 0.00000420. The minimum Gasteiger partial charge on any atom is -0.357 e. The van der Waals surface area contributed by atoms with Gasteiger partial charge in [0.05, 0.1) is 12.2 Å². The van der Waals surface area contributed by atoms with Crippen molar-refractivity contribution in [3.05, 3.63) is 52.8 Å². The number of rotatable bonds is 8. The van der Waals surface area contributed by atoms with Crippen molar-refractivity contribution in [1.82, 2.24) is 24.9 Å². The van der Waals surface area contributed by atoms with Gasteiger partial charge in [0.25, 0.3) is 0 Å². The maximum Gasteiger partial charge on any atom is 0.194 e. The van der Waals surface area contributed by atoms with E-state index in [-0.39, 0.29) is 24.0 Å². The summed E-state index contributed by atoms with van der Waals surface area (Å²) in [5.41, 5.74) is 4.99. The van der Waals surface area contributed by atoms with Crippen molar-refractivity contribution >= 4 is 29.9 Å². The monoisotopic (exact) mass is 512 g/mol. The van der Waals surface area contributed by atoms with Gasteiger partial charge in [-0.15, -0.1) is 24.0 Å². The highest BCUT2D eigenvalue weighted by Gasteiger charge is 2.15. The van der Waals surface area contributed by atoms with Crippen molar-refractivity contribution in [3.8, 4) is 0 Å². The second kappa shape index (κ2) is 12.2. The second-order valence-corrected chi connectivity index (χ2v) is 7.90. The molecule has 0 aliphatic carbocycles. The van der Waals surface area contributed by atoms with Gasteiger partial charge in [-0.3, -0.25) is 4.68 Å². The fraction of sp³-hybridized carbons (Fsp3) is 0.545. The van der Waals surface area contributed by atoms with E-state index < -0.39 is 0 Å². The molecular formula is C22H37IN6. The van der Waals surface area contributed by atoms with Crippen molar-refractivity contribution in [2.75, 3.05) is 27.7 Å². The van der Waals surface area contributed by atoms with Crippen LogP contribution in [0.3, 0.4) is 0 Å². The third-order valence-electron chi connectivity index (χ3n) is 4.59. The third-order valence-corrected chi connectivity index (χ3v) is 4.59. The highest BCUT2D eigenvalue weighted by molar-refractivity contribution is 14.0. The zero-order valence-electron chi connectivity index (χ0n) is 18.9. The van der Waals surface area contributed by atoms with E-state index in [0.717, 1.165) is 31.3 Å². The molecule has 2 rings (SSSR count). The molecule has 1 heterocycles. The van der Waals surface area contributed by atoms with Crippen molar-refractivity contribution in [1.29, 1.82) is 0 Å². The van der Waals surface area contributed by atoms with Gasteiger partial charge in [-0.25, -0.2) is 4.99 Å². The highest BCUT2D eigenvalue weighted by atomic mass is 127. The van der Waals surface area contributed by atoms with Crippen LogP contribution in [0.2, 0.25) is 0 Å². The Bertz CT molecular complexity index is 781. The van der Waals surface area contributed by atoms with Gasteiger partial charge in [-0.2, -0.15) is 5.10 Å². The van der Waals surface area contributed by atoms with Crippen LogP contribution in [0.25, 0.3) is 0 Å². The molecule has 2 aromatic rings. The molecule has 1 aromatic carbocycles. The molecule has 0 amide bonds. The van der Waals surface area contributed by atoms with Crippen LogP contribution < -0.4 is 5.32 Å². The maximum atomic E-state index is 4.91. The Morgan fingerprint density at radius 2 is 1.76 bits per heavy atom. The smallest absolute Gasteiger partial charge is 0.194 e. The van der Waals surface area contributed by atoms with E-state index in [2.05, 4.69) is 92.6 Å². The minimum absolute atomic E-state index is 0. The molecule has 29 heavy (non-hydrogen) atoms. The lowest BCUT2D eigenvalue weighted by atomic mass is 10.1. The van der Waals surface area contributed by atoms with E-state index in [1.807, 2.05) is 11.7 Å². The SMILES string of the molecule is CCNC(=NCc1ccccc1CN(C)C)N(C)Cc1cn(C)nc1C(C)C.I. The van der Waals surface area contributed by atoms with Gasteiger partial charge in [-0.1, -0.05) is 38.1 Å². The first kappa shape index (κ1) is 25.4. The first-order valence-corrected chi connectivity index (χ1v) is 10.0. The van der Waals surface area contributed by atoms with Crippen LogP contribution in [0.4, 0.5) is 0 Å². The Kier molecular flexibility index (Phi) is 10.7. The van der Waals surface area contributed by atoms with Crippen LogP contribution in [0.1, 0.15) is 49.1 Å². The van der Waals surface area contributed by atoms with Crippen molar-refractivity contribution in [3.63, 3.8) is 0 Å². The zero-order valence-corrected chi connectivity index (χ0v) is 21.3. The molecule has 0 radical (unpaired) electrons. The summed E-state index contributed by atoms with van der Waals surface area (Å²) in [6.45, 7) is 9.69. The fourth-order valence-electron chi connectivity index (χ4n) is 3.33. The lowest BCUT2D eigenvalue weighted by Crippen LogP contribution is -2.38. The number of halogens is 1. The molecule has 1 N–H and O–H groups in total. The summed E-state index contributed by atoms with van der Waals surface area (Å²) in [6, 6.07) is 8.54. The zero-order chi connectivity index (χ0) is 20.7. The Morgan fingerprint density at radius 1 is 1.10 bits per heavy atom. The summed E-state index contributed by atoms with van der Waals surface area (Å²) in [6.07, 6.45) is 2.11. The van der Waals surface area contributed by atoms with Crippen molar-refractivity contribution in [2.24, 2.45) is 12.0 Å². The number of aromatic nitrogens is 2. The molecule has 0 unspecified atom stereocenters. The second-order valence-electron chi connectivity index (χ2n) is 7.90. The molecule has 0 atom stereocenters. The van der Waals surface area contributed by atoms with Gasteiger partial charge in [0.15, 0.2) is 5.96 Å². The van der Waals surface area contributed by atoms with Crippen LogP contribution in [0, 0.1) is 0 Å². The van der Waals surface area contributed by atoms with Gasteiger partial charge >= 0.3 is 0 Å². The van der Waals surface area contributed by atoms with E-state index in [0.29, 0.717) is 12.5 Å². The third kappa shape index (κ3) is 7.62. The number of aliphatic imine (C=N–C) groups is 1. The molecule has 162 valence electrons. The van der Waals surface area contributed by atoms with Gasteiger partial charge in [-0.05, 0) is 38.1 Å². The molecule has 0 aliphatic rings. The highest BCUT2D eigenvalue weighted by Crippen LogP contribution is 2.19. The van der Waals surface area contributed by atoms with Crippen LogP contribution in [-0.4, -0.2) is 53.2 Å². The van der Waals surface area contributed by atoms with Gasteiger partial charge in [0.2, 0.25) is 0 Å². The number of nitrogens with one attached hydrogen (secondary N) is 1. The van der Waals surface area contributed by atoms with Crippen molar-refractivity contribution in [2.45, 2.75) is 46.3 Å². The number of aryl methyl sites for hydroxylation is 1. The average molecular weight is 512 g/mol. The van der Waals surface area contributed by atoms with E-state index in [1.54, 1.807) is 0 Å². The molecule has 0 aliphatic heterocycles. The standard InChI is InChI=1S/C22H36N6.HI/c1-8-23-22(24-13-18-11-9-10-12-19(18)14-26(4)5)27(6)15-20-16-28(7)25-21(20)17(2)3;/h9-12,16-17H,8,13-15H2,1-7H3,(H,23,24);1H. The van der Waals surface area contributed by atoms with Gasteiger partial charge < -0.3 is 15.1 Å². The molecule has 0 saturated heterocycles. The summed E-state index contributed by atoms with van der Waals surface area (Å²) in [4.78, 5) is 9.29. The molecule has 0 fully saturated rings. The summed E-state index contributed by atoms with van der Waals surface area (Å²) in [5.74, 6) is 1.32. The number of hydrogen-bond donors (Lipinski definition) is 1. The summed E-state index contributed by atoms with van der Waals surface area (Å²) >= 11 is 0. The van der Waals surface area contributed by atoms with Crippen LogP contribution in [-0.2, 0) is 26.7 Å². The van der Waals surface area contributed by atoms with Crippen LogP contribution in [0.15, 0.2) is 35.5 Å². The fourth-order valence-corrected chi connectivity index (χ4v) is 3.33. The minimum atomic E-state index is 0. The summed E-state index contributed by atoms with van der Waals surface area (Å²) in [7, 11) is 8.26. The van der Waals surface area contributed by atoms with Crippen LogP contribution in [0.5, 0.6) is 0 Å². The average Bonchev–Trinajstić information content (AvgIpc) is 2.99. The van der Waals surface area contributed by atoms with Gasteiger partial charge in [0, 0.05) is 45.5 Å². The summed E-state index contributed by atoms with van der Waals surface area (Å²) in [5, 5.41) is 8.05. The molecule has 1 aromatic heterocycles. The Hall–Kier alpha value is -1.61. The number of guanidine groups is 1. The Morgan fingerprint density at radius 3 is 2.34 bits per heavy atom. The normalized spacial score (nSPS) is 11.7. The first-order valence-electron chi connectivity index (χ1n) is 10.0. The molecule has 0 saturated carbocycles. The molecule has 6 nitrogen and oxygen atoms in total. The maximum absolute atomic E-state index is 4.91. The van der Waals surface area contributed by atoms with E-state index in [1.165, 1.54) is 16.7 Å². The molecule has 0 spiro atoms. The lowest BCUT2D eigenvalue weighted by molar-refractivity contribution is 0.401. The van der Waals surface area contributed by atoms with Crippen molar-refractivity contribution < 1.29 is 0 Å². The van der Waals surface area contributed by atoms with E-state index in [4.69, 9.17) is 4.99 Å². The molecular weight excluding hydrogens is 475 g/mol. The Labute approximate surface area is 193 Å². The lowest BCUT2D eigenvalue weighted by Gasteiger charge is -2.22. The number of hydrogen-bond acceptors (Lipinski definition) is 3. The predicted molar refractivity (Wildman–Crippen MR) is 133 cm³/mol. The molecule has 7 heteroatoms. The molecule has 0 bridgehead atoms. The van der Waals surface area contributed by atoms with E-state index >= 15 is 0 Å². The van der Waals surface area contributed by atoms with Crippen LogP contribution >= 0.6 is 24.0 Å². The summed E-state index contributed by atoms with van der Waals surface area (Å²) < 4.78 is 1.90.